The number of carboxylic acid groups (broad SMARTS) is 1. The van der Waals surface area contributed by atoms with Gasteiger partial charge in [0.2, 0.25) is 10.0 Å². The lowest BCUT2D eigenvalue weighted by Gasteiger charge is -2.13. The van der Waals surface area contributed by atoms with Crippen LogP contribution in [0.5, 0.6) is 5.75 Å². The van der Waals surface area contributed by atoms with Crippen LogP contribution in [0.3, 0.4) is 0 Å². The van der Waals surface area contributed by atoms with E-state index in [2.05, 4.69) is 4.72 Å². The summed E-state index contributed by atoms with van der Waals surface area (Å²) in [4.78, 5) is 10.4. The molecule has 6 nitrogen and oxygen atoms in total. The highest BCUT2D eigenvalue weighted by molar-refractivity contribution is 7.93. The third kappa shape index (κ3) is 4.41. The van der Waals surface area contributed by atoms with Crippen molar-refractivity contribution in [1.29, 1.82) is 0 Å². The Bertz CT molecular complexity index is 561. The van der Waals surface area contributed by atoms with Crippen molar-refractivity contribution in [2.45, 2.75) is 31.8 Å². The zero-order valence-electron chi connectivity index (χ0n) is 10.9. The molecule has 1 aromatic carbocycles. The molecule has 2 rings (SSSR count). The van der Waals surface area contributed by atoms with Gasteiger partial charge in [0.1, 0.15) is 5.75 Å². The van der Waals surface area contributed by atoms with E-state index < -0.39 is 21.7 Å². The maximum absolute atomic E-state index is 11.5. The van der Waals surface area contributed by atoms with Gasteiger partial charge in [-0.25, -0.2) is 8.42 Å². The number of aliphatic carboxylic acids is 1. The number of carbonyl (C=O) groups is 1. The average molecular weight is 299 g/mol. The highest BCUT2D eigenvalue weighted by Crippen LogP contribution is 2.25. The van der Waals surface area contributed by atoms with E-state index in [4.69, 9.17) is 9.84 Å². The molecule has 1 aliphatic rings. The molecule has 1 aromatic rings. The minimum absolute atomic E-state index is 0.240. The highest BCUT2D eigenvalue weighted by atomic mass is 32.2. The van der Waals surface area contributed by atoms with Gasteiger partial charge in [-0.1, -0.05) is 0 Å². The Morgan fingerprint density at radius 3 is 2.40 bits per heavy atom. The van der Waals surface area contributed by atoms with Crippen LogP contribution < -0.4 is 9.46 Å². The molecule has 110 valence electrons. The maximum atomic E-state index is 11.5. The Hall–Kier alpha value is -1.76. The number of hydrogen-bond acceptors (Lipinski definition) is 4. The molecular formula is C13H17NO5S. The number of nitrogens with one attached hydrogen (secondary N) is 1. The summed E-state index contributed by atoms with van der Waals surface area (Å²) in [6, 6.07) is 6.47. The summed E-state index contributed by atoms with van der Waals surface area (Å²) in [5.41, 5.74) is 0.324. The van der Waals surface area contributed by atoms with Gasteiger partial charge in [-0.15, -0.1) is 0 Å². The molecule has 20 heavy (non-hydrogen) atoms. The third-order valence-electron chi connectivity index (χ3n) is 3.05. The van der Waals surface area contributed by atoms with Crippen molar-refractivity contribution >= 4 is 21.7 Å². The van der Waals surface area contributed by atoms with Gasteiger partial charge in [0, 0.05) is 5.69 Å². The summed E-state index contributed by atoms with van der Waals surface area (Å²) >= 11 is 0. The molecule has 0 bridgehead atoms. The average Bonchev–Trinajstić information content (AvgIpc) is 2.82. The van der Waals surface area contributed by atoms with Gasteiger partial charge in [0.05, 0.1) is 6.10 Å². The van der Waals surface area contributed by atoms with Crippen molar-refractivity contribution in [3.8, 4) is 5.75 Å². The fraction of sp³-hybridized carbons (Fsp3) is 0.462. The van der Waals surface area contributed by atoms with Crippen LogP contribution in [-0.2, 0) is 14.8 Å². The van der Waals surface area contributed by atoms with Gasteiger partial charge in [0.25, 0.3) is 0 Å². The molecule has 1 saturated carbocycles. The van der Waals surface area contributed by atoms with Gasteiger partial charge in [-0.2, -0.15) is 0 Å². The van der Waals surface area contributed by atoms with Gasteiger partial charge >= 0.3 is 5.97 Å². The Balaban J connectivity index is 1.95. The number of anilines is 1. The van der Waals surface area contributed by atoms with E-state index in [1.165, 1.54) is 12.8 Å². The van der Waals surface area contributed by atoms with Crippen molar-refractivity contribution in [3.63, 3.8) is 0 Å². The van der Waals surface area contributed by atoms with E-state index in [1.54, 1.807) is 24.3 Å². The lowest BCUT2D eigenvalue weighted by molar-refractivity contribution is -0.134. The molecule has 2 N–H and O–H groups in total. The number of ether oxygens (including phenoxy) is 1. The van der Waals surface area contributed by atoms with E-state index in [-0.39, 0.29) is 6.10 Å². The molecule has 0 aromatic heterocycles. The minimum atomic E-state index is -3.86. The summed E-state index contributed by atoms with van der Waals surface area (Å²) in [6.45, 7) is 0. The Morgan fingerprint density at radius 2 is 1.85 bits per heavy atom. The molecular weight excluding hydrogens is 282 g/mol. The quantitative estimate of drug-likeness (QED) is 0.836. The lowest BCUT2D eigenvalue weighted by atomic mass is 10.3. The van der Waals surface area contributed by atoms with Crippen LogP contribution in [0.1, 0.15) is 25.7 Å². The topological polar surface area (TPSA) is 92.7 Å². The molecule has 1 aliphatic carbocycles. The second-order valence-electron chi connectivity index (χ2n) is 4.80. The standard InChI is InChI=1S/C13H17NO5S/c15-13(16)9-20(17,18)14-10-5-7-12(8-6-10)19-11-3-1-2-4-11/h5-8,11,14H,1-4,9H2,(H,15,16). The maximum Gasteiger partial charge on any atom is 0.320 e. The number of hydrogen-bond donors (Lipinski definition) is 2. The van der Waals surface area contributed by atoms with E-state index in [9.17, 15) is 13.2 Å². The van der Waals surface area contributed by atoms with Crippen molar-refractivity contribution in [2.75, 3.05) is 10.5 Å². The fourth-order valence-electron chi connectivity index (χ4n) is 2.18. The summed E-state index contributed by atoms with van der Waals surface area (Å²) in [7, 11) is -3.86. The molecule has 0 unspecified atom stereocenters. The first kappa shape index (κ1) is 14.6. The van der Waals surface area contributed by atoms with Crippen molar-refractivity contribution in [3.05, 3.63) is 24.3 Å². The van der Waals surface area contributed by atoms with E-state index >= 15 is 0 Å². The Morgan fingerprint density at radius 1 is 1.25 bits per heavy atom. The summed E-state index contributed by atoms with van der Waals surface area (Å²) in [5, 5.41) is 8.49. The van der Waals surface area contributed by atoms with Crippen molar-refractivity contribution in [1.82, 2.24) is 0 Å². The zero-order valence-corrected chi connectivity index (χ0v) is 11.7. The van der Waals surface area contributed by atoms with Crippen LogP contribution in [-0.4, -0.2) is 31.4 Å². The van der Waals surface area contributed by atoms with Gasteiger partial charge in [-0.05, 0) is 49.9 Å². The van der Waals surface area contributed by atoms with Crippen LogP contribution in [0.4, 0.5) is 5.69 Å². The molecule has 0 saturated heterocycles. The number of carboxylic acids is 1. The van der Waals surface area contributed by atoms with Gasteiger partial charge < -0.3 is 9.84 Å². The second-order valence-corrected chi connectivity index (χ2v) is 6.53. The first-order valence-corrected chi connectivity index (χ1v) is 8.09. The molecule has 0 heterocycles. The predicted molar refractivity (Wildman–Crippen MR) is 74.4 cm³/mol. The van der Waals surface area contributed by atoms with Crippen LogP contribution in [0.2, 0.25) is 0 Å². The first-order valence-electron chi connectivity index (χ1n) is 6.44. The van der Waals surface area contributed by atoms with Crippen molar-refractivity contribution in [2.24, 2.45) is 0 Å². The third-order valence-corrected chi connectivity index (χ3v) is 4.22. The van der Waals surface area contributed by atoms with Crippen molar-refractivity contribution < 1.29 is 23.1 Å². The second kappa shape index (κ2) is 6.13. The molecule has 7 heteroatoms. The smallest absolute Gasteiger partial charge is 0.320 e. The van der Waals surface area contributed by atoms with E-state index in [1.807, 2.05) is 0 Å². The largest absolute Gasteiger partial charge is 0.490 e. The SMILES string of the molecule is O=C(O)CS(=O)(=O)Nc1ccc(OC2CCCC2)cc1. The zero-order chi connectivity index (χ0) is 14.6. The van der Waals surface area contributed by atoms with Crippen LogP contribution in [0.15, 0.2) is 24.3 Å². The van der Waals surface area contributed by atoms with Crippen LogP contribution >= 0.6 is 0 Å². The molecule has 0 radical (unpaired) electrons. The summed E-state index contributed by atoms with van der Waals surface area (Å²) in [5.74, 6) is -1.65. The molecule has 1 fully saturated rings. The van der Waals surface area contributed by atoms with E-state index in [0.29, 0.717) is 11.4 Å². The molecule has 0 atom stereocenters. The lowest BCUT2D eigenvalue weighted by Crippen LogP contribution is -2.22. The van der Waals surface area contributed by atoms with Gasteiger partial charge in [0.15, 0.2) is 5.75 Å². The highest BCUT2D eigenvalue weighted by Gasteiger charge is 2.17. The monoisotopic (exact) mass is 299 g/mol. The Kier molecular flexibility index (Phi) is 4.49. The van der Waals surface area contributed by atoms with Crippen LogP contribution in [0.25, 0.3) is 0 Å². The number of benzene rings is 1. The first-order chi connectivity index (χ1) is 9.44. The molecule has 0 aliphatic heterocycles. The predicted octanol–water partition coefficient (Wildman–Crippen LogP) is 1.83. The van der Waals surface area contributed by atoms with E-state index in [0.717, 1.165) is 12.8 Å². The van der Waals surface area contributed by atoms with Gasteiger partial charge in [-0.3, -0.25) is 9.52 Å². The normalized spacial score (nSPS) is 16.0. The van der Waals surface area contributed by atoms with Crippen LogP contribution in [0, 0.1) is 0 Å². The minimum Gasteiger partial charge on any atom is -0.490 e. The summed E-state index contributed by atoms with van der Waals surface area (Å²) < 4.78 is 30.9. The molecule has 0 spiro atoms. The number of sulfonamides is 1. The summed E-state index contributed by atoms with van der Waals surface area (Å²) in [6.07, 6.45) is 4.69. The number of rotatable bonds is 6. The Labute approximate surface area is 117 Å². The fourth-order valence-corrected chi connectivity index (χ4v) is 3.07. The molecule has 0 amide bonds.